The Bertz CT molecular complexity index is 607. The molecule has 2 aromatic rings. The molecule has 0 radical (unpaired) electrons. The van der Waals surface area contributed by atoms with Crippen LogP contribution in [0.15, 0.2) is 6.07 Å². The number of rotatable bonds is 1. The largest absolute Gasteiger partial charge is 0.368 e. The van der Waals surface area contributed by atoms with Gasteiger partial charge in [0.15, 0.2) is 0 Å². The second-order valence-electron chi connectivity index (χ2n) is 5.65. The van der Waals surface area contributed by atoms with Crippen LogP contribution in [0.25, 0.3) is 10.2 Å². The van der Waals surface area contributed by atoms with E-state index < -0.39 is 0 Å². The molecule has 102 valence electrons. The Morgan fingerprint density at radius 1 is 1.37 bits per heavy atom. The summed E-state index contributed by atoms with van der Waals surface area (Å²) in [7, 11) is 0. The van der Waals surface area contributed by atoms with Crippen molar-refractivity contribution in [2.75, 3.05) is 17.2 Å². The van der Waals surface area contributed by atoms with Gasteiger partial charge in [-0.25, -0.2) is 4.98 Å². The van der Waals surface area contributed by atoms with Crippen LogP contribution in [0.5, 0.6) is 0 Å². The molecule has 2 aromatic heterocycles. The zero-order valence-electron chi connectivity index (χ0n) is 11.7. The Morgan fingerprint density at radius 3 is 2.89 bits per heavy atom. The number of fused-ring (bicyclic) bond motifs is 1. The third-order valence-corrected chi connectivity index (χ3v) is 4.87. The first kappa shape index (κ1) is 12.7. The molecule has 1 aliphatic heterocycles. The fraction of sp³-hybridized carbons (Fsp3) is 0.571. The van der Waals surface area contributed by atoms with Gasteiger partial charge in [-0.3, -0.25) is 0 Å². The van der Waals surface area contributed by atoms with Crippen molar-refractivity contribution in [2.45, 2.75) is 39.7 Å². The van der Waals surface area contributed by atoms with E-state index in [1.54, 1.807) is 11.3 Å². The van der Waals surface area contributed by atoms with E-state index >= 15 is 0 Å². The number of nitrogen functional groups attached to an aromatic ring is 1. The topological polar surface area (TPSA) is 55.0 Å². The first-order valence-corrected chi connectivity index (χ1v) is 7.66. The third-order valence-electron chi connectivity index (χ3n) is 3.92. The van der Waals surface area contributed by atoms with E-state index in [4.69, 9.17) is 5.73 Å². The average molecular weight is 276 g/mol. The monoisotopic (exact) mass is 276 g/mol. The normalized spacial score (nSPS) is 24.1. The van der Waals surface area contributed by atoms with Gasteiger partial charge in [-0.1, -0.05) is 6.92 Å². The van der Waals surface area contributed by atoms with E-state index in [9.17, 15) is 0 Å². The maximum atomic E-state index is 5.87. The van der Waals surface area contributed by atoms with E-state index in [-0.39, 0.29) is 0 Å². The zero-order valence-corrected chi connectivity index (χ0v) is 12.5. The first-order chi connectivity index (χ1) is 9.04. The van der Waals surface area contributed by atoms with E-state index in [2.05, 4.69) is 41.7 Å². The van der Waals surface area contributed by atoms with Gasteiger partial charge in [0, 0.05) is 17.5 Å². The highest BCUT2D eigenvalue weighted by Gasteiger charge is 2.26. The lowest BCUT2D eigenvalue weighted by Crippen LogP contribution is -2.40. The van der Waals surface area contributed by atoms with Gasteiger partial charge in [0.25, 0.3) is 0 Å². The number of hydrogen-bond acceptors (Lipinski definition) is 5. The van der Waals surface area contributed by atoms with E-state index in [1.165, 1.54) is 17.7 Å². The molecule has 2 unspecified atom stereocenters. The van der Waals surface area contributed by atoms with Crippen molar-refractivity contribution in [3.05, 3.63) is 10.9 Å². The van der Waals surface area contributed by atoms with Crippen LogP contribution < -0.4 is 10.6 Å². The lowest BCUT2D eigenvalue weighted by molar-refractivity contribution is 0.376. The van der Waals surface area contributed by atoms with Crippen molar-refractivity contribution < 1.29 is 0 Å². The summed E-state index contributed by atoms with van der Waals surface area (Å²) < 4.78 is 0. The Labute approximate surface area is 117 Å². The average Bonchev–Trinajstić information content (AvgIpc) is 2.68. The number of thiophene rings is 1. The summed E-state index contributed by atoms with van der Waals surface area (Å²) in [5, 5.41) is 1.15. The quantitative estimate of drug-likeness (QED) is 0.869. The number of piperidine rings is 1. The van der Waals surface area contributed by atoms with E-state index in [0.717, 1.165) is 28.5 Å². The highest BCUT2D eigenvalue weighted by molar-refractivity contribution is 7.18. The highest BCUT2D eigenvalue weighted by Crippen LogP contribution is 2.35. The minimum Gasteiger partial charge on any atom is -0.368 e. The van der Waals surface area contributed by atoms with Crippen molar-refractivity contribution in [2.24, 2.45) is 5.92 Å². The number of aromatic nitrogens is 2. The lowest BCUT2D eigenvalue weighted by atomic mass is 9.93. The molecule has 0 amide bonds. The second kappa shape index (κ2) is 4.63. The Balaban J connectivity index is 2.08. The van der Waals surface area contributed by atoms with Crippen LogP contribution in [0, 0.1) is 12.8 Å². The second-order valence-corrected chi connectivity index (χ2v) is 6.89. The van der Waals surface area contributed by atoms with Crippen molar-refractivity contribution in [1.29, 1.82) is 0 Å². The molecule has 5 heteroatoms. The molecule has 4 nitrogen and oxygen atoms in total. The summed E-state index contributed by atoms with van der Waals surface area (Å²) >= 11 is 1.69. The molecule has 0 saturated carbocycles. The van der Waals surface area contributed by atoms with Crippen LogP contribution in [-0.4, -0.2) is 22.6 Å². The Kier molecular flexibility index (Phi) is 3.09. The van der Waals surface area contributed by atoms with Crippen LogP contribution in [0.4, 0.5) is 11.8 Å². The van der Waals surface area contributed by atoms with Crippen LogP contribution >= 0.6 is 11.3 Å². The fourth-order valence-corrected chi connectivity index (χ4v) is 3.86. The molecule has 0 bridgehead atoms. The molecule has 0 aliphatic carbocycles. The standard InChI is InChI=1S/C14H20N4S/c1-8-4-5-18(9(2)6-8)12-11-7-10(3)19-13(11)17-14(15)16-12/h7-9H,4-6H2,1-3H3,(H2,15,16,17). The lowest BCUT2D eigenvalue weighted by Gasteiger charge is -2.37. The van der Waals surface area contributed by atoms with Gasteiger partial charge in [-0.05, 0) is 38.7 Å². The summed E-state index contributed by atoms with van der Waals surface area (Å²) in [5.74, 6) is 2.20. The maximum absolute atomic E-state index is 5.87. The van der Waals surface area contributed by atoms with E-state index in [0.29, 0.717) is 12.0 Å². The highest BCUT2D eigenvalue weighted by atomic mass is 32.1. The maximum Gasteiger partial charge on any atom is 0.223 e. The van der Waals surface area contributed by atoms with Gasteiger partial charge in [0.05, 0.1) is 5.39 Å². The number of nitrogens with zero attached hydrogens (tertiary/aromatic N) is 3. The van der Waals surface area contributed by atoms with Gasteiger partial charge < -0.3 is 10.6 Å². The molecule has 1 aliphatic rings. The first-order valence-electron chi connectivity index (χ1n) is 6.85. The molecule has 1 saturated heterocycles. The molecule has 19 heavy (non-hydrogen) atoms. The minimum absolute atomic E-state index is 0.384. The molecule has 3 heterocycles. The summed E-state index contributed by atoms with van der Waals surface area (Å²) in [4.78, 5) is 13.5. The summed E-state index contributed by atoms with van der Waals surface area (Å²) in [6.45, 7) is 7.77. The van der Waals surface area contributed by atoms with Gasteiger partial charge in [-0.2, -0.15) is 4.98 Å². The van der Waals surface area contributed by atoms with Crippen LogP contribution in [0.1, 0.15) is 31.6 Å². The number of aryl methyl sites for hydroxylation is 1. The Morgan fingerprint density at radius 2 is 2.16 bits per heavy atom. The molecule has 3 rings (SSSR count). The van der Waals surface area contributed by atoms with Crippen LogP contribution in [-0.2, 0) is 0 Å². The number of anilines is 2. The SMILES string of the molecule is Cc1cc2c(N3CCC(C)CC3C)nc(N)nc2s1. The fourth-order valence-electron chi connectivity index (χ4n) is 2.98. The summed E-state index contributed by atoms with van der Waals surface area (Å²) in [6, 6.07) is 2.70. The molecule has 0 aromatic carbocycles. The third kappa shape index (κ3) is 2.27. The molecular weight excluding hydrogens is 256 g/mol. The zero-order chi connectivity index (χ0) is 13.6. The minimum atomic E-state index is 0.384. The molecule has 0 spiro atoms. The number of nitrogens with two attached hydrogens (primary N) is 1. The predicted octanol–water partition coefficient (Wildman–Crippen LogP) is 3.21. The van der Waals surface area contributed by atoms with Gasteiger partial charge in [-0.15, -0.1) is 11.3 Å². The Hall–Kier alpha value is -1.36. The molecular formula is C14H20N4S. The molecule has 2 N–H and O–H groups in total. The van der Waals surface area contributed by atoms with Crippen molar-refractivity contribution in [3.63, 3.8) is 0 Å². The van der Waals surface area contributed by atoms with E-state index in [1.807, 2.05) is 0 Å². The van der Waals surface area contributed by atoms with Crippen LogP contribution in [0.3, 0.4) is 0 Å². The van der Waals surface area contributed by atoms with Gasteiger partial charge in [0.1, 0.15) is 10.6 Å². The summed E-state index contributed by atoms with van der Waals surface area (Å²) in [5.41, 5.74) is 5.87. The van der Waals surface area contributed by atoms with Crippen molar-refractivity contribution in [3.8, 4) is 0 Å². The molecule has 1 fully saturated rings. The van der Waals surface area contributed by atoms with Crippen molar-refractivity contribution >= 4 is 33.3 Å². The molecule has 2 atom stereocenters. The smallest absolute Gasteiger partial charge is 0.223 e. The van der Waals surface area contributed by atoms with Gasteiger partial charge in [0.2, 0.25) is 5.95 Å². The summed E-state index contributed by atoms with van der Waals surface area (Å²) in [6.07, 6.45) is 2.44. The van der Waals surface area contributed by atoms with Crippen molar-refractivity contribution in [1.82, 2.24) is 9.97 Å². The van der Waals surface area contributed by atoms with Crippen LogP contribution in [0.2, 0.25) is 0 Å². The predicted molar refractivity (Wildman–Crippen MR) is 81.8 cm³/mol. The van der Waals surface area contributed by atoms with Gasteiger partial charge >= 0.3 is 0 Å². The number of hydrogen-bond donors (Lipinski definition) is 1.